The van der Waals surface area contributed by atoms with Crippen LogP contribution in [-0.2, 0) is 4.74 Å². The van der Waals surface area contributed by atoms with E-state index in [9.17, 15) is 0 Å². The highest BCUT2D eigenvalue weighted by molar-refractivity contribution is 4.72. The predicted octanol–water partition coefficient (Wildman–Crippen LogP) is 2.83. The Morgan fingerprint density at radius 1 is 1.06 bits per heavy atom. The molecule has 2 fully saturated rings. The zero-order valence-corrected chi connectivity index (χ0v) is 10.7. The van der Waals surface area contributed by atoms with E-state index in [1.54, 1.807) is 0 Å². The summed E-state index contributed by atoms with van der Waals surface area (Å²) >= 11 is 0. The molecule has 0 aromatic carbocycles. The van der Waals surface area contributed by atoms with Gasteiger partial charge in [0.2, 0.25) is 0 Å². The molecule has 1 aliphatic heterocycles. The number of nitrogens with one attached hydrogen (secondary N) is 1. The van der Waals surface area contributed by atoms with E-state index in [1.807, 2.05) is 0 Å². The van der Waals surface area contributed by atoms with Gasteiger partial charge in [0.15, 0.2) is 0 Å². The molecule has 1 saturated heterocycles. The molecule has 2 nitrogen and oxygen atoms in total. The van der Waals surface area contributed by atoms with Crippen molar-refractivity contribution in [1.82, 2.24) is 5.32 Å². The van der Waals surface area contributed by atoms with E-state index in [1.165, 1.54) is 51.6 Å². The summed E-state index contributed by atoms with van der Waals surface area (Å²) in [5.74, 6) is 2.77. The van der Waals surface area contributed by atoms with Crippen LogP contribution in [0, 0.1) is 17.8 Å². The van der Waals surface area contributed by atoms with Gasteiger partial charge < -0.3 is 10.1 Å². The normalized spacial score (nSPS) is 35.4. The lowest BCUT2D eigenvalue weighted by Crippen LogP contribution is -2.26. The van der Waals surface area contributed by atoms with E-state index in [0.717, 1.165) is 31.0 Å². The fraction of sp³-hybridized carbons (Fsp3) is 1.00. The van der Waals surface area contributed by atoms with Gasteiger partial charge >= 0.3 is 0 Å². The molecule has 2 heteroatoms. The van der Waals surface area contributed by atoms with E-state index in [0.29, 0.717) is 0 Å². The van der Waals surface area contributed by atoms with Crippen molar-refractivity contribution in [3.8, 4) is 0 Å². The van der Waals surface area contributed by atoms with E-state index in [4.69, 9.17) is 4.74 Å². The van der Waals surface area contributed by atoms with Crippen LogP contribution in [0.25, 0.3) is 0 Å². The molecule has 16 heavy (non-hydrogen) atoms. The Balaban J connectivity index is 1.48. The molecule has 94 valence electrons. The summed E-state index contributed by atoms with van der Waals surface area (Å²) in [5.41, 5.74) is 0. The molecule has 1 unspecified atom stereocenters. The summed E-state index contributed by atoms with van der Waals surface area (Å²) in [6.45, 7) is 6.74. The maximum absolute atomic E-state index is 5.38. The summed E-state index contributed by atoms with van der Waals surface area (Å²) in [5, 5.41) is 3.61. The van der Waals surface area contributed by atoms with Crippen LogP contribution in [0.4, 0.5) is 0 Å². The van der Waals surface area contributed by atoms with Crippen LogP contribution in [0.2, 0.25) is 0 Å². The van der Waals surface area contributed by atoms with Crippen LogP contribution in [0.5, 0.6) is 0 Å². The van der Waals surface area contributed by atoms with E-state index >= 15 is 0 Å². The van der Waals surface area contributed by atoms with Crippen LogP contribution in [0.3, 0.4) is 0 Å². The average molecular weight is 225 g/mol. The smallest absolute Gasteiger partial charge is 0.0507 e. The molecular formula is C14H27NO. The SMILES string of the molecule is CC1CCC(CCNCC2CCOC2)CC1. The Morgan fingerprint density at radius 3 is 2.56 bits per heavy atom. The van der Waals surface area contributed by atoms with Gasteiger partial charge in [-0.2, -0.15) is 0 Å². The highest BCUT2D eigenvalue weighted by Gasteiger charge is 2.18. The van der Waals surface area contributed by atoms with Crippen molar-refractivity contribution in [3.05, 3.63) is 0 Å². The second-order valence-electron chi connectivity index (χ2n) is 5.85. The molecule has 0 radical (unpaired) electrons. The quantitative estimate of drug-likeness (QED) is 0.726. The molecule has 1 saturated carbocycles. The molecule has 1 aliphatic carbocycles. The van der Waals surface area contributed by atoms with Crippen molar-refractivity contribution in [2.45, 2.75) is 45.4 Å². The van der Waals surface area contributed by atoms with Crippen molar-refractivity contribution in [1.29, 1.82) is 0 Å². The third-order valence-corrected chi connectivity index (χ3v) is 4.32. The topological polar surface area (TPSA) is 21.3 Å². The first-order chi connectivity index (χ1) is 7.84. The Morgan fingerprint density at radius 2 is 1.88 bits per heavy atom. The second kappa shape index (κ2) is 6.61. The van der Waals surface area contributed by atoms with Crippen molar-refractivity contribution in [3.63, 3.8) is 0 Å². The van der Waals surface area contributed by atoms with E-state index in [2.05, 4.69) is 12.2 Å². The third-order valence-electron chi connectivity index (χ3n) is 4.32. The predicted molar refractivity (Wildman–Crippen MR) is 67.5 cm³/mol. The van der Waals surface area contributed by atoms with Gasteiger partial charge in [0.1, 0.15) is 0 Å². The van der Waals surface area contributed by atoms with Crippen molar-refractivity contribution in [2.24, 2.45) is 17.8 Å². The Kier molecular flexibility index (Phi) is 5.11. The first kappa shape index (κ1) is 12.4. The summed E-state index contributed by atoms with van der Waals surface area (Å²) in [6, 6.07) is 0. The van der Waals surface area contributed by atoms with Crippen LogP contribution < -0.4 is 5.32 Å². The average Bonchev–Trinajstić information content (AvgIpc) is 2.80. The largest absolute Gasteiger partial charge is 0.381 e. The summed E-state index contributed by atoms with van der Waals surface area (Å²) < 4.78 is 5.38. The highest BCUT2D eigenvalue weighted by Crippen LogP contribution is 2.29. The molecule has 0 aromatic rings. The minimum Gasteiger partial charge on any atom is -0.381 e. The molecule has 0 aromatic heterocycles. The Labute approximate surface area is 100 Å². The minimum atomic E-state index is 0.784. The second-order valence-corrected chi connectivity index (χ2v) is 5.85. The third kappa shape index (κ3) is 4.06. The zero-order chi connectivity index (χ0) is 11.2. The van der Waals surface area contributed by atoms with Crippen LogP contribution in [0.1, 0.15) is 45.4 Å². The molecule has 1 atom stereocenters. The van der Waals surface area contributed by atoms with Crippen molar-refractivity contribution < 1.29 is 4.74 Å². The van der Waals surface area contributed by atoms with E-state index in [-0.39, 0.29) is 0 Å². The zero-order valence-electron chi connectivity index (χ0n) is 10.7. The van der Waals surface area contributed by atoms with Gasteiger partial charge in [0.25, 0.3) is 0 Å². The fourth-order valence-corrected chi connectivity index (χ4v) is 2.97. The molecule has 2 aliphatic rings. The molecule has 0 spiro atoms. The lowest BCUT2D eigenvalue weighted by Gasteiger charge is -2.26. The molecule has 0 bridgehead atoms. The van der Waals surface area contributed by atoms with Crippen LogP contribution in [0.15, 0.2) is 0 Å². The number of ether oxygens (including phenoxy) is 1. The minimum absolute atomic E-state index is 0.784. The summed E-state index contributed by atoms with van der Waals surface area (Å²) in [7, 11) is 0. The number of hydrogen-bond donors (Lipinski definition) is 1. The van der Waals surface area contributed by atoms with Gasteiger partial charge in [0, 0.05) is 13.2 Å². The summed E-state index contributed by atoms with van der Waals surface area (Å²) in [6.07, 6.45) is 8.50. The molecule has 0 amide bonds. The highest BCUT2D eigenvalue weighted by atomic mass is 16.5. The van der Waals surface area contributed by atoms with E-state index < -0.39 is 0 Å². The number of rotatable bonds is 5. The molecular weight excluding hydrogens is 198 g/mol. The standard InChI is InChI=1S/C14H27NO/c1-12-2-4-13(5-3-12)6-8-15-10-14-7-9-16-11-14/h12-15H,2-11H2,1H3. The van der Waals surface area contributed by atoms with Crippen molar-refractivity contribution >= 4 is 0 Å². The first-order valence-electron chi connectivity index (χ1n) is 7.13. The fourth-order valence-electron chi connectivity index (χ4n) is 2.97. The lowest BCUT2D eigenvalue weighted by molar-refractivity contribution is 0.185. The van der Waals surface area contributed by atoms with Gasteiger partial charge in [-0.25, -0.2) is 0 Å². The molecule has 2 rings (SSSR count). The van der Waals surface area contributed by atoms with Crippen molar-refractivity contribution in [2.75, 3.05) is 26.3 Å². The molecule has 1 heterocycles. The van der Waals surface area contributed by atoms with Crippen LogP contribution in [-0.4, -0.2) is 26.3 Å². The van der Waals surface area contributed by atoms with Gasteiger partial charge in [-0.3, -0.25) is 0 Å². The maximum Gasteiger partial charge on any atom is 0.0507 e. The lowest BCUT2D eigenvalue weighted by atomic mass is 9.81. The summed E-state index contributed by atoms with van der Waals surface area (Å²) in [4.78, 5) is 0. The first-order valence-corrected chi connectivity index (χ1v) is 7.13. The monoisotopic (exact) mass is 225 g/mol. The van der Waals surface area contributed by atoms with Gasteiger partial charge in [-0.05, 0) is 37.1 Å². The van der Waals surface area contributed by atoms with Crippen LogP contribution >= 0.6 is 0 Å². The Hall–Kier alpha value is -0.0800. The number of hydrogen-bond acceptors (Lipinski definition) is 2. The molecule has 1 N–H and O–H groups in total. The van der Waals surface area contributed by atoms with Gasteiger partial charge in [-0.15, -0.1) is 0 Å². The maximum atomic E-state index is 5.38. The Bertz CT molecular complexity index is 181. The van der Waals surface area contributed by atoms with Gasteiger partial charge in [-0.1, -0.05) is 32.6 Å². The van der Waals surface area contributed by atoms with Gasteiger partial charge in [0.05, 0.1) is 6.61 Å².